The molecule has 1 unspecified atom stereocenters. The van der Waals surface area contributed by atoms with Crippen molar-refractivity contribution in [1.82, 2.24) is 0 Å². The van der Waals surface area contributed by atoms with Crippen LogP contribution in [0.3, 0.4) is 0 Å². The molecule has 0 aliphatic carbocycles. The third kappa shape index (κ3) is 2.90. The molecular weight excluding hydrogens is 287 g/mol. The summed E-state index contributed by atoms with van der Waals surface area (Å²) in [7, 11) is 0. The van der Waals surface area contributed by atoms with Gasteiger partial charge < -0.3 is 4.55 Å². The minimum absolute atomic E-state index is 0.612. The van der Waals surface area contributed by atoms with Gasteiger partial charge in [0.15, 0.2) is 4.90 Å². The predicted molar refractivity (Wildman–Crippen MR) is 78.5 cm³/mol. The average Bonchev–Trinajstić information content (AvgIpc) is 2.40. The zero-order chi connectivity index (χ0) is 13.1. The smallest absolute Gasteiger partial charge is 0.158 e. The van der Waals surface area contributed by atoms with Gasteiger partial charge in [-0.05, 0) is 29.8 Å². The molecule has 0 spiro atoms. The minimum Gasteiger partial charge on any atom is -0.607 e. The van der Waals surface area contributed by atoms with Gasteiger partial charge in [0.2, 0.25) is 0 Å². The van der Waals surface area contributed by atoms with Crippen LogP contribution in [0.25, 0.3) is 11.1 Å². The summed E-state index contributed by atoms with van der Waals surface area (Å²) in [6.07, 6.45) is 0. The first-order valence-corrected chi connectivity index (χ1v) is 7.17. The van der Waals surface area contributed by atoms with E-state index in [1.54, 1.807) is 24.3 Å². The molecule has 2 aromatic carbocycles. The van der Waals surface area contributed by atoms with Gasteiger partial charge in [-0.2, -0.15) is 0 Å². The molecule has 2 aromatic rings. The molecule has 0 aromatic heterocycles. The highest BCUT2D eigenvalue weighted by Gasteiger charge is 2.10. The van der Waals surface area contributed by atoms with Gasteiger partial charge in [-0.15, -0.1) is 0 Å². The number of hydrogen-bond donors (Lipinski definition) is 0. The lowest BCUT2D eigenvalue weighted by Gasteiger charge is -2.08. The normalized spacial score (nSPS) is 12.2. The highest BCUT2D eigenvalue weighted by Crippen LogP contribution is 2.31. The van der Waals surface area contributed by atoms with Crippen molar-refractivity contribution in [3.05, 3.63) is 64.5 Å². The quantitative estimate of drug-likeness (QED) is 0.738. The molecular formula is C14H10Cl2OS. The summed E-state index contributed by atoms with van der Waals surface area (Å²) in [6, 6.07) is 12.6. The maximum absolute atomic E-state index is 11.7. The number of benzene rings is 2. The van der Waals surface area contributed by atoms with Crippen molar-refractivity contribution in [2.45, 2.75) is 4.90 Å². The third-order valence-electron chi connectivity index (χ3n) is 2.46. The molecule has 2 rings (SSSR count). The van der Waals surface area contributed by atoms with Crippen LogP contribution in [0, 0.1) is 0 Å². The number of hydrogen-bond acceptors (Lipinski definition) is 1. The first-order chi connectivity index (χ1) is 8.61. The van der Waals surface area contributed by atoms with Gasteiger partial charge in [0.25, 0.3) is 0 Å². The SMILES string of the molecule is C=C[S+]([O-])c1cccc(-c2cc(Cl)ccc2Cl)c1. The Morgan fingerprint density at radius 1 is 1.11 bits per heavy atom. The van der Waals surface area contributed by atoms with Gasteiger partial charge in [-0.1, -0.05) is 41.9 Å². The van der Waals surface area contributed by atoms with Crippen LogP contribution in [0.15, 0.2) is 59.3 Å². The molecule has 0 aliphatic heterocycles. The van der Waals surface area contributed by atoms with Crippen LogP contribution in [-0.4, -0.2) is 4.55 Å². The Labute approximate surface area is 119 Å². The largest absolute Gasteiger partial charge is 0.607 e. The summed E-state index contributed by atoms with van der Waals surface area (Å²) in [6.45, 7) is 3.52. The summed E-state index contributed by atoms with van der Waals surface area (Å²) in [5, 5.41) is 2.63. The van der Waals surface area contributed by atoms with E-state index in [0.29, 0.717) is 14.9 Å². The Bertz CT molecular complexity index is 584. The monoisotopic (exact) mass is 296 g/mol. The third-order valence-corrected chi connectivity index (χ3v) is 4.04. The van der Waals surface area contributed by atoms with E-state index in [2.05, 4.69) is 6.58 Å². The van der Waals surface area contributed by atoms with Crippen molar-refractivity contribution < 1.29 is 4.55 Å². The van der Waals surface area contributed by atoms with E-state index >= 15 is 0 Å². The fourth-order valence-electron chi connectivity index (χ4n) is 1.60. The zero-order valence-electron chi connectivity index (χ0n) is 9.40. The Morgan fingerprint density at radius 2 is 1.89 bits per heavy atom. The van der Waals surface area contributed by atoms with Crippen LogP contribution < -0.4 is 0 Å². The summed E-state index contributed by atoms with van der Waals surface area (Å²) < 4.78 is 11.7. The highest BCUT2D eigenvalue weighted by molar-refractivity contribution is 7.94. The van der Waals surface area contributed by atoms with Crippen LogP contribution >= 0.6 is 23.2 Å². The molecule has 0 heterocycles. The second kappa shape index (κ2) is 5.81. The molecule has 92 valence electrons. The van der Waals surface area contributed by atoms with Crippen LogP contribution in [0.2, 0.25) is 10.0 Å². The van der Waals surface area contributed by atoms with E-state index < -0.39 is 11.2 Å². The summed E-state index contributed by atoms with van der Waals surface area (Å²) in [4.78, 5) is 0.693. The molecule has 0 N–H and O–H groups in total. The van der Waals surface area contributed by atoms with Gasteiger partial charge >= 0.3 is 0 Å². The summed E-state index contributed by atoms with van der Waals surface area (Å²) in [5.74, 6) is 0. The maximum atomic E-state index is 11.7. The van der Waals surface area contributed by atoms with E-state index in [-0.39, 0.29) is 0 Å². The molecule has 18 heavy (non-hydrogen) atoms. The van der Waals surface area contributed by atoms with Gasteiger partial charge in [-0.25, -0.2) is 0 Å². The molecule has 0 fully saturated rings. The van der Waals surface area contributed by atoms with Crippen molar-refractivity contribution in [2.24, 2.45) is 0 Å². The number of rotatable bonds is 3. The maximum Gasteiger partial charge on any atom is 0.158 e. The Balaban J connectivity index is 2.50. The van der Waals surface area contributed by atoms with Crippen LogP contribution in [0.1, 0.15) is 0 Å². The fraction of sp³-hybridized carbons (Fsp3) is 0. The molecule has 1 atom stereocenters. The van der Waals surface area contributed by atoms with Crippen LogP contribution in [-0.2, 0) is 11.2 Å². The van der Waals surface area contributed by atoms with Gasteiger partial charge in [0, 0.05) is 32.9 Å². The molecule has 1 nitrogen and oxygen atoms in total. The first kappa shape index (κ1) is 13.5. The van der Waals surface area contributed by atoms with Crippen molar-refractivity contribution in [2.75, 3.05) is 0 Å². The molecule has 0 aliphatic rings. The fourth-order valence-corrected chi connectivity index (χ4v) is 2.65. The van der Waals surface area contributed by atoms with E-state index in [1.165, 1.54) is 5.41 Å². The van der Waals surface area contributed by atoms with Gasteiger partial charge in [0.05, 0.1) is 0 Å². The first-order valence-electron chi connectivity index (χ1n) is 5.20. The zero-order valence-corrected chi connectivity index (χ0v) is 11.7. The van der Waals surface area contributed by atoms with Gasteiger partial charge in [-0.3, -0.25) is 0 Å². The highest BCUT2D eigenvalue weighted by atomic mass is 35.5. The summed E-state index contributed by atoms with van der Waals surface area (Å²) >= 11 is 10.9. The Hall–Kier alpha value is -0.930. The van der Waals surface area contributed by atoms with E-state index in [0.717, 1.165) is 11.1 Å². The van der Waals surface area contributed by atoms with Crippen molar-refractivity contribution in [1.29, 1.82) is 0 Å². The van der Waals surface area contributed by atoms with Crippen LogP contribution in [0.4, 0.5) is 0 Å². The molecule has 0 radical (unpaired) electrons. The van der Waals surface area contributed by atoms with E-state index in [1.807, 2.05) is 18.2 Å². The van der Waals surface area contributed by atoms with Crippen LogP contribution in [0.5, 0.6) is 0 Å². The molecule has 0 bridgehead atoms. The van der Waals surface area contributed by atoms with Crippen molar-refractivity contribution >= 4 is 34.4 Å². The molecule has 4 heteroatoms. The Morgan fingerprint density at radius 3 is 2.61 bits per heavy atom. The molecule has 0 saturated heterocycles. The topological polar surface area (TPSA) is 23.1 Å². The lowest BCUT2D eigenvalue weighted by molar-refractivity contribution is 0.603. The van der Waals surface area contributed by atoms with Gasteiger partial charge in [0.1, 0.15) is 5.41 Å². The molecule has 0 amide bonds. The lowest BCUT2D eigenvalue weighted by atomic mass is 10.1. The lowest BCUT2D eigenvalue weighted by Crippen LogP contribution is -1.95. The molecule has 0 saturated carbocycles. The predicted octanol–water partition coefficient (Wildman–Crippen LogP) is 4.91. The second-order valence-electron chi connectivity index (χ2n) is 3.62. The minimum atomic E-state index is -1.20. The van der Waals surface area contributed by atoms with E-state index in [9.17, 15) is 4.55 Å². The second-order valence-corrected chi connectivity index (χ2v) is 5.86. The van der Waals surface area contributed by atoms with Crippen molar-refractivity contribution in [3.63, 3.8) is 0 Å². The number of halogens is 2. The standard InChI is InChI=1S/C14H10Cl2OS/c1-2-18(17)12-5-3-4-10(8-12)13-9-11(15)6-7-14(13)16/h2-9H,1H2. The Kier molecular flexibility index (Phi) is 4.36. The van der Waals surface area contributed by atoms with E-state index in [4.69, 9.17) is 23.2 Å². The average molecular weight is 297 g/mol. The van der Waals surface area contributed by atoms with Crippen molar-refractivity contribution in [3.8, 4) is 11.1 Å². The summed E-state index contributed by atoms with van der Waals surface area (Å²) in [5.41, 5.74) is 1.71.